The molecule has 0 aliphatic carbocycles. The first-order valence-corrected chi connectivity index (χ1v) is 11.6. The molecule has 0 spiro atoms. The van der Waals surface area contributed by atoms with Gasteiger partial charge >= 0.3 is 0 Å². The lowest BCUT2D eigenvalue weighted by molar-refractivity contribution is -0.121. The molecular formula is C20H19BrN4O4S. The maximum absolute atomic E-state index is 12.9. The third-order valence-corrected chi connectivity index (χ3v) is 7.51. The predicted molar refractivity (Wildman–Crippen MR) is 116 cm³/mol. The fraction of sp³-hybridized carbons (Fsp3) is 0.250. The van der Waals surface area contributed by atoms with Crippen molar-refractivity contribution >= 4 is 42.8 Å². The number of fused-ring (bicyclic) bond motifs is 1. The molecular weight excluding hydrogens is 472 g/mol. The standard InChI is InChI=1S/C20H19BrN4O4S/c21-15-7-9-16(10-8-15)30(28,29)24-11-3-4-14(12-24)19(26)23-25-13-22-18-6-2-1-5-17(18)20(25)27/h1-2,5-10,13-14H,3-4,11-12H2,(H,23,26). The van der Waals surface area contributed by atoms with E-state index in [1.54, 1.807) is 36.4 Å². The van der Waals surface area contributed by atoms with Crippen LogP contribution >= 0.6 is 15.9 Å². The Morgan fingerprint density at radius 1 is 1.13 bits per heavy atom. The smallest absolute Gasteiger partial charge is 0.273 e. The summed E-state index contributed by atoms with van der Waals surface area (Å²) >= 11 is 3.29. The molecule has 0 saturated carbocycles. The molecule has 10 heteroatoms. The summed E-state index contributed by atoms with van der Waals surface area (Å²) in [6.07, 6.45) is 2.36. The average Bonchev–Trinajstić information content (AvgIpc) is 2.76. The lowest BCUT2D eigenvalue weighted by atomic mass is 9.99. The number of nitrogens with one attached hydrogen (secondary N) is 1. The van der Waals surface area contributed by atoms with E-state index < -0.39 is 21.8 Å². The number of carbonyl (C=O) groups is 1. The van der Waals surface area contributed by atoms with Gasteiger partial charge in [-0.25, -0.2) is 18.1 Å². The van der Waals surface area contributed by atoms with Crippen molar-refractivity contribution in [2.24, 2.45) is 5.92 Å². The van der Waals surface area contributed by atoms with Crippen LogP contribution in [0.15, 0.2) is 69.0 Å². The van der Waals surface area contributed by atoms with E-state index in [4.69, 9.17) is 0 Å². The summed E-state index contributed by atoms with van der Waals surface area (Å²) in [6.45, 7) is 0.402. The van der Waals surface area contributed by atoms with Crippen molar-refractivity contribution in [2.45, 2.75) is 17.7 Å². The molecule has 0 radical (unpaired) electrons. The molecule has 0 bridgehead atoms. The molecule has 1 amide bonds. The molecule has 1 unspecified atom stereocenters. The topological polar surface area (TPSA) is 101 Å². The molecule has 1 aromatic heterocycles. The second-order valence-electron chi connectivity index (χ2n) is 7.07. The summed E-state index contributed by atoms with van der Waals surface area (Å²) in [5, 5.41) is 0.392. The van der Waals surface area contributed by atoms with E-state index >= 15 is 0 Å². The third-order valence-electron chi connectivity index (χ3n) is 5.10. The zero-order valence-electron chi connectivity index (χ0n) is 15.9. The van der Waals surface area contributed by atoms with Gasteiger partial charge in [-0.15, -0.1) is 0 Å². The van der Waals surface area contributed by atoms with Gasteiger partial charge in [0.25, 0.3) is 5.56 Å². The normalized spacial score (nSPS) is 17.7. The Balaban J connectivity index is 1.52. The highest BCUT2D eigenvalue weighted by atomic mass is 79.9. The number of piperidine rings is 1. The molecule has 1 aliphatic heterocycles. The first-order valence-electron chi connectivity index (χ1n) is 9.39. The highest BCUT2D eigenvalue weighted by Crippen LogP contribution is 2.25. The molecule has 1 saturated heterocycles. The lowest BCUT2D eigenvalue weighted by Crippen LogP contribution is -2.46. The van der Waals surface area contributed by atoms with E-state index in [9.17, 15) is 18.0 Å². The second-order valence-corrected chi connectivity index (χ2v) is 9.92. The number of hydrogen-bond acceptors (Lipinski definition) is 5. The number of benzene rings is 2. The van der Waals surface area contributed by atoms with Gasteiger partial charge in [0.1, 0.15) is 6.33 Å². The number of nitrogens with zero attached hydrogens (tertiary/aromatic N) is 3. The highest BCUT2D eigenvalue weighted by Gasteiger charge is 2.33. The van der Waals surface area contributed by atoms with Crippen LogP contribution in [-0.4, -0.2) is 41.4 Å². The van der Waals surface area contributed by atoms with Crippen LogP contribution in [0.5, 0.6) is 0 Å². The van der Waals surface area contributed by atoms with Gasteiger partial charge in [0.05, 0.1) is 21.7 Å². The molecule has 30 heavy (non-hydrogen) atoms. The van der Waals surface area contributed by atoms with Crippen LogP contribution in [0.2, 0.25) is 0 Å². The van der Waals surface area contributed by atoms with E-state index in [0.29, 0.717) is 30.3 Å². The Hall–Kier alpha value is -2.56. The van der Waals surface area contributed by atoms with Crippen molar-refractivity contribution in [2.75, 3.05) is 18.5 Å². The molecule has 1 fully saturated rings. The van der Waals surface area contributed by atoms with Crippen LogP contribution in [0.4, 0.5) is 0 Å². The summed E-state index contributed by atoms with van der Waals surface area (Å²) in [5.41, 5.74) is 2.72. The molecule has 2 aromatic carbocycles. The van der Waals surface area contributed by atoms with Crippen molar-refractivity contribution in [3.8, 4) is 0 Å². The number of sulfonamides is 1. The number of carbonyl (C=O) groups excluding carboxylic acids is 1. The second kappa shape index (κ2) is 8.29. The lowest BCUT2D eigenvalue weighted by Gasteiger charge is -2.31. The van der Waals surface area contributed by atoms with Gasteiger partial charge < -0.3 is 0 Å². The summed E-state index contributed by atoms with van der Waals surface area (Å²) in [6, 6.07) is 13.3. The SMILES string of the molecule is O=C(Nn1cnc2ccccc2c1=O)C1CCCN(S(=O)(=O)c2ccc(Br)cc2)C1. The Kier molecular flexibility index (Phi) is 5.72. The van der Waals surface area contributed by atoms with Crippen LogP contribution < -0.4 is 11.0 Å². The zero-order chi connectivity index (χ0) is 21.3. The molecule has 1 N–H and O–H groups in total. The number of aromatic nitrogens is 2. The largest absolute Gasteiger partial charge is 0.280 e. The molecule has 2 heterocycles. The Morgan fingerprint density at radius 3 is 2.63 bits per heavy atom. The molecule has 1 aliphatic rings. The fourth-order valence-corrected chi connectivity index (χ4v) is 5.28. The number of amides is 1. The number of halogens is 1. The number of para-hydroxylation sites is 1. The Labute approximate surface area is 181 Å². The van der Waals surface area contributed by atoms with Crippen molar-refractivity contribution in [1.82, 2.24) is 14.0 Å². The summed E-state index contributed by atoms with van der Waals surface area (Å²) in [5.74, 6) is -0.979. The molecule has 3 aromatic rings. The number of hydrogen-bond donors (Lipinski definition) is 1. The highest BCUT2D eigenvalue weighted by molar-refractivity contribution is 9.10. The molecule has 156 valence electrons. The first-order chi connectivity index (χ1) is 14.4. The minimum atomic E-state index is -3.70. The molecule has 1 atom stereocenters. The summed E-state index contributed by atoms with van der Waals surface area (Å²) in [7, 11) is -3.70. The quantitative estimate of drug-likeness (QED) is 0.604. The van der Waals surface area contributed by atoms with Crippen molar-refractivity contribution in [3.63, 3.8) is 0 Å². The third kappa shape index (κ3) is 4.03. The first kappa shape index (κ1) is 20.7. The fourth-order valence-electron chi connectivity index (χ4n) is 3.49. The van der Waals surface area contributed by atoms with Crippen molar-refractivity contribution in [3.05, 3.63) is 69.7 Å². The Bertz CT molecular complexity index is 1260. The van der Waals surface area contributed by atoms with E-state index in [-0.39, 0.29) is 17.0 Å². The van der Waals surface area contributed by atoms with Gasteiger partial charge in [-0.05, 0) is 49.2 Å². The van der Waals surface area contributed by atoms with E-state index in [0.717, 1.165) is 9.15 Å². The van der Waals surface area contributed by atoms with Gasteiger partial charge in [-0.2, -0.15) is 4.31 Å². The summed E-state index contributed by atoms with van der Waals surface area (Å²) < 4.78 is 29.0. The van der Waals surface area contributed by atoms with Gasteiger partial charge in [-0.1, -0.05) is 28.1 Å². The van der Waals surface area contributed by atoms with E-state index in [2.05, 4.69) is 26.3 Å². The maximum Gasteiger partial charge on any atom is 0.280 e. The van der Waals surface area contributed by atoms with Crippen LogP contribution in [0.3, 0.4) is 0 Å². The average molecular weight is 491 g/mol. The monoisotopic (exact) mass is 490 g/mol. The van der Waals surface area contributed by atoms with Crippen LogP contribution in [0.25, 0.3) is 10.9 Å². The predicted octanol–water partition coefficient (Wildman–Crippen LogP) is 2.33. The van der Waals surface area contributed by atoms with Crippen molar-refractivity contribution < 1.29 is 13.2 Å². The van der Waals surface area contributed by atoms with E-state index in [1.807, 2.05) is 0 Å². The zero-order valence-corrected chi connectivity index (χ0v) is 18.3. The minimum Gasteiger partial charge on any atom is -0.273 e. The van der Waals surface area contributed by atoms with Gasteiger partial charge in [0.15, 0.2) is 0 Å². The summed E-state index contributed by atoms with van der Waals surface area (Å²) in [4.78, 5) is 29.7. The van der Waals surface area contributed by atoms with Gasteiger partial charge in [0, 0.05) is 17.6 Å². The molecule has 8 nitrogen and oxygen atoms in total. The van der Waals surface area contributed by atoms with Crippen molar-refractivity contribution in [1.29, 1.82) is 0 Å². The number of rotatable bonds is 4. The minimum absolute atomic E-state index is 0.0555. The Morgan fingerprint density at radius 2 is 1.87 bits per heavy atom. The van der Waals surface area contributed by atoms with Gasteiger partial charge in [0.2, 0.25) is 15.9 Å². The van der Waals surface area contributed by atoms with Gasteiger partial charge in [-0.3, -0.25) is 15.0 Å². The van der Waals surface area contributed by atoms with Crippen LogP contribution in [0, 0.1) is 5.92 Å². The van der Waals surface area contributed by atoms with Crippen LogP contribution in [0.1, 0.15) is 12.8 Å². The molecule has 4 rings (SSSR count). The van der Waals surface area contributed by atoms with E-state index in [1.165, 1.54) is 22.8 Å². The van der Waals surface area contributed by atoms with Crippen LogP contribution in [-0.2, 0) is 14.8 Å². The maximum atomic E-state index is 12.9.